The molecule has 1 aromatic carbocycles. The molecule has 0 amide bonds. The summed E-state index contributed by atoms with van der Waals surface area (Å²) in [5.74, 6) is -0.983. The first-order valence-electron chi connectivity index (χ1n) is 6.32. The van der Waals surface area contributed by atoms with Crippen molar-refractivity contribution in [2.24, 2.45) is 5.92 Å². The van der Waals surface area contributed by atoms with E-state index in [1.807, 2.05) is 0 Å². The molecule has 2 unspecified atom stereocenters. The van der Waals surface area contributed by atoms with Crippen LogP contribution in [0.15, 0.2) is 18.2 Å². The highest BCUT2D eigenvalue weighted by Gasteiger charge is 2.36. The zero-order valence-corrected chi connectivity index (χ0v) is 12.3. The Morgan fingerprint density at radius 2 is 2.14 bits per heavy atom. The van der Waals surface area contributed by atoms with Gasteiger partial charge >= 0.3 is 5.97 Å². The molecule has 0 spiro atoms. The van der Waals surface area contributed by atoms with Gasteiger partial charge in [0.15, 0.2) is 0 Å². The molecule has 2 aromatic rings. The molecule has 2 atom stereocenters. The number of nitrogens with two attached hydrogens (primary N) is 1. The van der Waals surface area contributed by atoms with Crippen molar-refractivity contribution in [2.45, 2.75) is 18.9 Å². The summed E-state index contributed by atoms with van der Waals surface area (Å²) >= 11 is 11.9. The van der Waals surface area contributed by atoms with Gasteiger partial charge in [-0.05, 0) is 17.7 Å². The molecule has 1 aliphatic heterocycles. The van der Waals surface area contributed by atoms with Crippen LogP contribution in [0.4, 0.5) is 5.95 Å². The van der Waals surface area contributed by atoms with Crippen LogP contribution in [0.25, 0.3) is 0 Å². The van der Waals surface area contributed by atoms with Gasteiger partial charge in [0.1, 0.15) is 5.82 Å². The molecule has 2 heterocycles. The van der Waals surface area contributed by atoms with E-state index in [2.05, 4.69) is 10.1 Å². The fourth-order valence-electron chi connectivity index (χ4n) is 2.68. The second kappa shape index (κ2) is 5.20. The lowest BCUT2D eigenvalue weighted by Gasteiger charge is -2.29. The molecule has 3 rings (SSSR count). The minimum absolute atomic E-state index is 0.156. The zero-order valence-electron chi connectivity index (χ0n) is 10.8. The lowest BCUT2D eigenvalue weighted by Crippen LogP contribution is -2.33. The highest BCUT2D eigenvalue weighted by atomic mass is 35.5. The van der Waals surface area contributed by atoms with Crippen LogP contribution in [0.5, 0.6) is 0 Å². The molecule has 8 heteroatoms. The van der Waals surface area contributed by atoms with E-state index in [-0.39, 0.29) is 18.3 Å². The van der Waals surface area contributed by atoms with Gasteiger partial charge in [0.25, 0.3) is 0 Å². The Morgan fingerprint density at radius 1 is 1.38 bits per heavy atom. The minimum atomic E-state index is -0.876. The first kappa shape index (κ1) is 14.2. The van der Waals surface area contributed by atoms with Crippen molar-refractivity contribution in [2.75, 3.05) is 5.73 Å². The van der Waals surface area contributed by atoms with Crippen LogP contribution in [0.2, 0.25) is 10.0 Å². The summed E-state index contributed by atoms with van der Waals surface area (Å²) < 4.78 is 1.65. The molecular weight excluding hydrogens is 315 g/mol. The van der Waals surface area contributed by atoms with Gasteiger partial charge < -0.3 is 10.8 Å². The number of halogens is 2. The average Bonchev–Trinajstić information content (AvgIpc) is 2.79. The van der Waals surface area contributed by atoms with Crippen LogP contribution in [0, 0.1) is 5.92 Å². The largest absolute Gasteiger partial charge is 0.481 e. The van der Waals surface area contributed by atoms with Crippen molar-refractivity contribution in [3.63, 3.8) is 0 Å². The van der Waals surface area contributed by atoms with Gasteiger partial charge in [-0.2, -0.15) is 4.98 Å². The van der Waals surface area contributed by atoms with Crippen LogP contribution in [-0.2, 0) is 17.8 Å². The van der Waals surface area contributed by atoms with Crippen molar-refractivity contribution in [1.29, 1.82) is 0 Å². The summed E-state index contributed by atoms with van der Waals surface area (Å²) in [5, 5.41) is 14.4. The molecule has 3 N–H and O–H groups in total. The number of aromatic nitrogens is 3. The lowest BCUT2D eigenvalue weighted by atomic mass is 9.81. The second-order valence-corrected chi connectivity index (χ2v) is 5.81. The predicted octanol–water partition coefficient (Wildman–Crippen LogP) is 2.21. The smallest absolute Gasteiger partial charge is 0.307 e. The topological polar surface area (TPSA) is 94.0 Å². The number of carbonyl (C=O) groups is 1. The quantitative estimate of drug-likeness (QED) is 0.882. The monoisotopic (exact) mass is 326 g/mol. The van der Waals surface area contributed by atoms with E-state index < -0.39 is 11.9 Å². The maximum Gasteiger partial charge on any atom is 0.307 e. The molecule has 0 aliphatic carbocycles. The first-order valence-corrected chi connectivity index (χ1v) is 7.08. The number of carboxylic acid groups (broad SMARTS) is 1. The molecule has 0 fully saturated rings. The van der Waals surface area contributed by atoms with Crippen LogP contribution in [0.3, 0.4) is 0 Å². The second-order valence-electron chi connectivity index (χ2n) is 5.00. The van der Waals surface area contributed by atoms with Crippen molar-refractivity contribution in [3.8, 4) is 0 Å². The van der Waals surface area contributed by atoms with Crippen LogP contribution < -0.4 is 5.73 Å². The van der Waals surface area contributed by atoms with E-state index in [1.165, 1.54) is 0 Å². The van der Waals surface area contributed by atoms with E-state index in [9.17, 15) is 9.90 Å². The number of carboxylic acids is 1. The van der Waals surface area contributed by atoms with E-state index in [1.54, 1.807) is 22.9 Å². The number of hydrogen-bond acceptors (Lipinski definition) is 4. The molecule has 1 aromatic heterocycles. The van der Waals surface area contributed by atoms with Gasteiger partial charge in [0, 0.05) is 12.3 Å². The third kappa shape index (κ3) is 2.56. The summed E-state index contributed by atoms with van der Waals surface area (Å²) in [6, 6.07) is 5.17. The third-order valence-electron chi connectivity index (χ3n) is 3.71. The fraction of sp³-hybridized carbons (Fsp3) is 0.308. The number of fused-ring (bicyclic) bond motifs is 1. The number of anilines is 1. The van der Waals surface area contributed by atoms with Crippen molar-refractivity contribution in [1.82, 2.24) is 14.8 Å². The number of nitrogen functional groups attached to an aromatic ring is 1. The van der Waals surface area contributed by atoms with Gasteiger partial charge in [0.2, 0.25) is 5.95 Å². The average molecular weight is 327 g/mol. The number of hydrogen-bond donors (Lipinski definition) is 2. The van der Waals surface area contributed by atoms with Crippen molar-refractivity contribution < 1.29 is 9.90 Å². The highest BCUT2D eigenvalue weighted by molar-refractivity contribution is 6.42. The van der Waals surface area contributed by atoms with Gasteiger partial charge in [-0.1, -0.05) is 29.3 Å². The summed E-state index contributed by atoms with van der Waals surface area (Å²) in [4.78, 5) is 15.6. The van der Waals surface area contributed by atoms with Gasteiger partial charge in [-0.3, -0.25) is 4.79 Å². The Labute approximate surface area is 130 Å². The Bertz CT molecular complexity index is 716. The van der Waals surface area contributed by atoms with E-state index in [0.29, 0.717) is 22.4 Å². The maximum absolute atomic E-state index is 11.6. The number of nitrogens with zero attached hydrogens (tertiary/aromatic N) is 3. The normalized spacial score (nSPS) is 21.0. The summed E-state index contributed by atoms with van der Waals surface area (Å²) in [7, 11) is 0. The first-order chi connectivity index (χ1) is 9.95. The fourth-order valence-corrected chi connectivity index (χ4v) is 2.99. The van der Waals surface area contributed by atoms with E-state index in [4.69, 9.17) is 28.9 Å². The molecular formula is C13H12Cl2N4O2. The molecule has 0 saturated carbocycles. The molecule has 6 nitrogen and oxygen atoms in total. The van der Waals surface area contributed by atoms with E-state index in [0.717, 1.165) is 5.56 Å². The molecule has 0 saturated heterocycles. The Hall–Kier alpha value is -1.79. The molecule has 0 radical (unpaired) electrons. The molecule has 21 heavy (non-hydrogen) atoms. The third-order valence-corrected chi connectivity index (χ3v) is 4.45. The standard InChI is InChI=1S/C13H12Cl2N4O2/c14-9-2-1-6(3-10(9)15)8-5-19-11(17-13(16)18-19)4-7(8)12(20)21/h1-3,7-8H,4-5H2,(H2,16,18)(H,20,21). The predicted molar refractivity (Wildman–Crippen MR) is 78.5 cm³/mol. The lowest BCUT2D eigenvalue weighted by molar-refractivity contribution is -0.143. The highest BCUT2D eigenvalue weighted by Crippen LogP contribution is 2.36. The Morgan fingerprint density at radius 3 is 2.81 bits per heavy atom. The van der Waals surface area contributed by atoms with Crippen LogP contribution in [0.1, 0.15) is 17.3 Å². The summed E-state index contributed by atoms with van der Waals surface area (Å²) in [6.45, 7) is 0.397. The number of aliphatic carboxylic acids is 1. The van der Waals surface area contributed by atoms with Gasteiger partial charge in [0.05, 0.1) is 22.5 Å². The molecule has 0 bridgehead atoms. The minimum Gasteiger partial charge on any atom is -0.481 e. The number of benzene rings is 1. The maximum atomic E-state index is 11.6. The van der Waals surface area contributed by atoms with Crippen LogP contribution in [-0.4, -0.2) is 25.8 Å². The Kier molecular flexibility index (Phi) is 3.51. The SMILES string of the molecule is Nc1nc2n(n1)CC(c1ccc(Cl)c(Cl)c1)C(C(=O)O)C2. The summed E-state index contributed by atoms with van der Waals surface area (Å²) in [5.41, 5.74) is 6.40. The van der Waals surface area contributed by atoms with Gasteiger partial charge in [-0.25, -0.2) is 4.68 Å². The number of rotatable bonds is 2. The van der Waals surface area contributed by atoms with Gasteiger partial charge in [-0.15, -0.1) is 5.10 Å². The van der Waals surface area contributed by atoms with E-state index >= 15 is 0 Å². The molecule has 1 aliphatic rings. The molecule has 110 valence electrons. The summed E-state index contributed by atoms with van der Waals surface area (Å²) in [6.07, 6.45) is 0.282. The van der Waals surface area contributed by atoms with Crippen molar-refractivity contribution in [3.05, 3.63) is 39.6 Å². The zero-order chi connectivity index (χ0) is 15.1. The van der Waals surface area contributed by atoms with Crippen LogP contribution >= 0.6 is 23.2 Å². The Balaban J connectivity index is 2.02. The van der Waals surface area contributed by atoms with Crippen molar-refractivity contribution >= 4 is 35.1 Å².